The second-order valence-electron chi connectivity index (χ2n) is 17.1. The number of esters is 3. The molecule has 332 valence electrons. The molecule has 0 N–H and O–H groups in total. The van der Waals surface area contributed by atoms with Gasteiger partial charge in [-0.25, -0.2) is 0 Å². The molecule has 0 aromatic heterocycles. The summed E-state index contributed by atoms with van der Waals surface area (Å²) in [6.07, 6.45) is 48.1. The number of carbonyl (C=O) groups is 3. The second kappa shape index (κ2) is 46.1. The summed E-state index contributed by atoms with van der Waals surface area (Å²) in [7, 11) is 0. The zero-order chi connectivity index (χ0) is 40.8. The zero-order valence-electron chi connectivity index (χ0n) is 37.9. The Balaban J connectivity index is 4.16. The average molecular weight is 793 g/mol. The molecule has 0 fully saturated rings. The standard InChI is InChI=1S/C50H96O6/c1-4-7-10-13-16-18-20-22-24-25-26-28-30-32-35-37-40-43-49(52)55-46-47(56-50(53)44-41-38-33-15-12-9-6-3)45-54-48(51)42-39-36-34-31-29-27-23-21-19-17-14-11-8-5-2/h47H,4-46H2,1-3H3/t47-/m0/s1. The van der Waals surface area contributed by atoms with E-state index >= 15 is 0 Å². The number of rotatable bonds is 46. The summed E-state index contributed by atoms with van der Waals surface area (Å²) < 4.78 is 16.7. The molecule has 6 heteroatoms. The molecule has 0 rings (SSSR count). The van der Waals surface area contributed by atoms with Crippen LogP contribution in [0.2, 0.25) is 0 Å². The molecule has 0 aromatic carbocycles. The van der Waals surface area contributed by atoms with Crippen molar-refractivity contribution in [3.05, 3.63) is 0 Å². The summed E-state index contributed by atoms with van der Waals surface area (Å²) in [4.78, 5) is 37.7. The van der Waals surface area contributed by atoms with Crippen LogP contribution in [0.3, 0.4) is 0 Å². The first kappa shape index (κ1) is 54.4. The van der Waals surface area contributed by atoms with Crippen molar-refractivity contribution >= 4 is 17.9 Å². The summed E-state index contributed by atoms with van der Waals surface area (Å²) in [5, 5.41) is 0. The monoisotopic (exact) mass is 793 g/mol. The fourth-order valence-electron chi connectivity index (χ4n) is 7.56. The Morgan fingerprint density at radius 2 is 0.482 bits per heavy atom. The minimum atomic E-state index is -0.758. The van der Waals surface area contributed by atoms with Crippen molar-refractivity contribution < 1.29 is 28.6 Å². The maximum atomic E-state index is 12.6. The first-order valence-corrected chi connectivity index (χ1v) is 25.0. The van der Waals surface area contributed by atoms with E-state index in [-0.39, 0.29) is 31.1 Å². The van der Waals surface area contributed by atoms with Gasteiger partial charge in [-0.05, 0) is 19.3 Å². The summed E-state index contributed by atoms with van der Waals surface area (Å²) in [6.45, 7) is 6.63. The molecule has 0 bridgehead atoms. The first-order valence-electron chi connectivity index (χ1n) is 25.0. The van der Waals surface area contributed by atoms with E-state index < -0.39 is 6.10 Å². The van der Waals surface area contributed by atoms with Crippen molar-refractivity contribution in [2.45, 2.75) is 290 Å². The van der Waals surface area contributed by atoms with Crippen molar-refractivity contribution in [3.63, 3.8) is 0 Å². The Bertz CT molecular complexity index is 828. The van der Waals surface area contributed by atoms with Crippen molar-refractivity contribution in [2.24, 2.45) is 0 Å². The van der Waals surface area contributed by atoms with Gasteiger partial charge >= 0.3 is 17.9 Å². The Hall–Kier alpha value is -1.59. The number of carbonyl (C=O) groups excluding carboxylic acids is 3. The van der Waals surface area contributed by atoms with E-state index in [4.69, 9.17) is 14.2 Å². The number of ether oxygens (including phenoxy) is 3. The highest BCUT2D eigenvalue weighted by Crippen LogP contribution is 2.16. The van der Waals surface area contributed by atoms with E-state index in [0.29, 0.717) is 19.3 Å². The van der Waals surface area contributed by atoms with Gasteiger partial charge in [0.2, 0.25) is 0 Å². The molecule has 0 aliphatic rings. The molecule has 6 nitrogen and oxygen atoms in total. The van der Waals surface area contributed by atoms with Crippen LogP contribution in [0.5, 0.6) is 0 Å². The summed E-state index contributed by atoms with van der Waals surface area (Å²) >= 11 is 0. The average Bonchev–Trinajstić information content (AvgIpc) is 3.19. The number of unbranched alkanes of at least 4 members (excludes halogenated alkanes) is 35. The molecule has 0 aliphatic heterocycles. The van der Waals surface area contributed by atoms with E-state index in [2.05, 4.69) is 20.8 Å². The normalized spacial score (nSPS) is 11.8. The van der Waals surface area contributed by atoms with Gasteiger partial charge in [0.15, 0.2) is 6.10 Å². The SMILES string of the molecule is CCCCCCCCCCCCCCCCCCCC(=O)OC[C@H](COC(=O)CCCCCCCCCCCCCCCC)OC(=O)CCCCCCCCC. The van der Waals surface area contributed by atoms with Crippen molar-refractivity contribution in [1.29, 1.82) is 0 Å². The summed E-state index contributed by atoms with van der Waals surface area (Å²) in [5.41, 5.74) is 0. The fraction of sp³-hybridized carbons (Fsp3) is 0.940. The van der Waals surface area contributed by atoms with E-state index in [0.717, 1.165) is 57.8 Å². The molecule has 0 saturated carbocycles. The molecule has 0 unspecified atom stereocenters. The van der Waals surface area contributed by atoms with Gasteiger partial charge < -0.3 is 14.2 Å². The Labute approximate surface area is 348 Å². The van der Waals surface area contributed by atoms with Gasteiger partial charge in [0.05, 0.1) is 0 Å². The predicted molar refractivity (Wildman–Crippen MR) is 238 cm³/mol. The third kappa shape index (κ3) is 43.5. The van der Waals surface area contributed by atoms with E-state index in [1.54, 1.807) is 0 Å². The summed E-state index contributed by atoms with van der Waals surface area (Å²) in [6, 6.07) is 0. The lowest BCUT2D eigenvalue weighted by atomic mass is 10.0. The smallest absolute Gasteiger partial charge is 0.306 e. The minimum absolute atomic E-state index is 0.0628. The van der Waals surface area contributed by atoms with E-state index in [1.807, 2.05) is 0 Å². The van der Waals surface area contributed by atoms with Crippen LogP contribution in [0, 0.1) is 0 Å². The van der Waals surface area contributed by atoms with Gasteiger partial charge in [0, 0.05) is 19.3 Å². The van der Waals surface area contributed by atoms with Crippen LogP contribution in [0.1, 0.15) is 284 Å². The third-order valence-corrected chi connectivity index (χ3v) is 11.4. The van der Waals surface area contributed by atoms with Gasteiger partial charge in [-0.3, -0.25) is 14.4 Å². The molecular weight excluding hydrogens is 697 g/mol. The first-order chi connectivity index (χ1) is 27.5. The molecule has 0 aliphatic carbocycles. The van der Waals surface area contributed by atoms with Gasteiger partial charge in [-0.15, -0.1) is 0 Å². The molecule has 0 heterocycles. The van der Waals surface area contributed by atoms with Crippen LogP contribution in [0.25, 0.3) is 0 Å². The van der Waals surface area contributed by atoms with Crippen LogP contribution in [0.15, 0.2) is 0 Å². The highest BCUT2D eigenvalue weighted by atomic mass is 16.6. The second-order valence-corrected chi connectivity index (χ2v) is 17.1. The maximum Gasteiger partial charge on any atom is 0.306 e. The van der Waals surface area contributed by atoms with Gasteiger partial charge in [0.25, 0.3) is 0 Å². The van der Waals surface area contributed by atoms with Crippen LogP contribution in [-0.2, 0) is 28.6 Å². The zero-order valence-corrected chi connectivity index (χ0v) is 37.9. The van der Waals surface area contributed by atoms with Crippen molar-refractivity contribution in [1.82, 2.24) is 0 Å². The summed E-state index contributed by atoms with van der Waals surface area (Å²) in [5.74, 6) is -0.851. The highest BCUT2D eigenvalue weighted by molar-refractivity contribution is 5.71. The topological polar surface area (TPSA) is 78.9 Å². The van der Waals surface area contributed by atoms with Crippen molar-refractivity contribution in [2.75, 3.05) is 13.2 Å². The van der Waals surface area contributed by atoms with Crippen molar-refractivity contribution in [3.8, 4) is 0 Å². The molecular formula is C50H96O6. The molecule has 0 spiro atoms. The highest BCUT2D eigenvalue weighted by Gasteiger charge is 2.19. The van der Waals surface area contributed by atoms with Crippen LogP contribution in [0.4, 0.5) is 0 Å². The predicted octanol–water partition coefficient (Wildman–Crippen LogP) is 16.0. The van der Waals surface area contributed by atoms with Crippen LogP contribution >= 0.6 is 0 Å². The molecule has 56 heavy (non-hydrogen) atoms. The molecule has 0 radical (unpaired) electrons. The van der Waals surface area contributed by atoms with E-state index in [9.17, 15) is 14.4 Å². The quantitative estimate of drug-likeness (QED) is 0.0347. The van der Waals surface area contributed by atoms with Crippen LogP contribution in [-0.4, -0.2) is 37.2 Å². The van der Waals surface area contributed by atoms with E-state index in [1.165, 1.54) is 186 Å². The molecule has 0 saturated heterocycles. The minimum Gasteiger partial charge on any atom is -0.462 e. The lowest BCUT2D eigenvalue weighted by Crippen LogP contribution is -2.30. The van der Waals surface area contributed by atoms with Crippen LogP contribution < -0.4 is 0 Å². The molecule has 1 atom stereocenters. The Morgan fingerprint density at radius 1 is 0.286 bits per heavy atom. The largest absolute Gasteiger partial charge is 0.462 e. The maximum absolute atomic E-state index is 12.6. The van der Waals surface area contributed by atoms with Gasteiger partial charge in [-0.2, -0.15) is 0 Å². The third-order valence-electron chi connectivity index (χ3n) is 11.4. The van der Waals surface area contributed by atoms with Gasteiger partial charge in [-0.1, -0.05) is 245 Å². The fourth-order valence-corrected chi connectivity index (χ4v) is 7.56. The number of hydrogen-bond acceptors (Lipinski definition) is 6. The lowest BCUT2D eigenvalue weighted by Gasteiger charge is -2.18. The Kier molecular flexibility index (Phi) is 44.8. The Morgan fingerprint density at radius 3 is 0.714 bits per heavy atom. The molecule has 0 amide bonds. The lowest BCUT2D eigenvalue weighted by molar-refractivity contribution is -0.167. The van der Waals surface area contributed by atoms with Gasteiger partial charge in [0.1, 0.15) is 13.2 Å². The number of hydrogen-bond donors (Lipinski definition) is 0. The molecule has 0 aromatic rings.